The van der Waals surface area contributed by atoms with E-state index in [2.05, 4.69) is 18.7 Å². The van der Waals surface area contributed by atoms with Gasteiger partial charge in [0, 0.05) is 13.1 Å². The SMILES string of the molecule is COC(=O)c1sc(N2CCC(C(C)C)CC2)c(SC)c1N. The Morgan fingerprint density at radius 2 is 2.05 bits per heavy atom. The lowest BCUT2D eigenvalue weighted by atomic mass is 9.87. The van der Waals surface area contributed by atoms with Gasteiger partial charge in [0.25, 0.3) is 0 Å². The topological polar surface area (TPSA) is 55.6 Å². The maximum absolute atomic E-state index is 11.8. The van der Waals surface area contributed by atoms with Crippen LogP contribution in [0.1, 0.15) is 36.4 Å². The molecule has 0 spiro atoms. The van der Waals surface area contributed by atoms with Gasteiger partial charge in [-0.3, -0.25) is 0 Å². The van der Waals surface area contributed by atoms with Crippen LogP contribution in [0.3, 0.4) is 0 Å². The minimum absolute atomic E-state index is 0.337. The van der Waals surface area contributed by atoms with Crippen LogP contribution < -0.4 is 10.6 Å². The average Bonchev–Trinajstić information content (AvgIpc) is 2.83. The number of rotatable bonds is 4. The van der Waals surface area contributed by atoms with Crippen molar-refractivity contribution in [1.82, 2.24) is 0 Å². The maximum atomic E-state index is 11.8. The van der Waals surface area contributed by atoms with E-state index in [1.165, 1.54) is 31.3 Å². The number of hydrogen-bond donors (Lipinski definition) is 1. The summed E-state index contributed by atoms with van der Waals surface area (Å²) in [5, 5.41) is 1.13. The number of carbonyl (C=O) groups is 1. The minimum atomic E-state index is -0.337. The van der Waals surface area contributed by atoms with E-state index in [1.54, 1.807) is 11.8 Å². The zero-order valence-electron chi connectivity index (χ0n) is 13.1. The van der Waals surface area contributed by atoms with Crippen LogP contribution in [0.2, 0.25) is 0 Å². The second kappa shape index (κ2) is 6.92. The molecule has 6 heteroatoms. The summed E-state index contributed by atoms with van der Waals surface area (Å²) in [7, 11) is 1.40. The van der Waals surface area contributed by atoms with E-state index in [0.717, 1.165) is 34.8 Å². The zero-order valence-corrected chi connectivity index (χ0v) is 14.8. The van der Waals surface area contributed by atoms with Crippen molar-refractivity contribution in [2.45, 2.75) is 31.6 Å². The van der Waals surface area contributed by atoms with Gasteiger partial charge in [0.2, 0.25) is 0 Å². The van der Waals surface area contributed by atoms with E-state index in [4.69, 9.17) is 10.5 Å². The van der Waals surface area contributed by atoms with Crippen molar-refractivity contribution >= 4 is 39.8 Å². The summed E-state index contributed by atoms with van der Waals surface area (Å²) >= 11 is 3.07. The van der Waals surface area contributed by atoms with Crippen LogP contribution >= 0.6 is 23.1 Å². The molecule has 0 atom stereocenters. The van der Waals surface area contributed by atoms with Crippen LogP contribution in [0, 0.1) is 11.8 Å². The van der Waals surface area contributed by atoms with E-state index >= 15 is 0 Å². The first-order chi connectivity index (χ1) is 9.99. The number of nitrogens with zero attached hydrogens (tertiary/aromatic N) is 1. The van der Waals surface area contributed by atoms with Crippen LogP contribution in [0.25, 0.3) is 0 Å². The van der Waals surface area contributed by atoms with E-state index in [1.807, 2.05) is 6.26 Å². The molecule has 0 unspecified atom stereocenters. The molecule has 118 valence electrons. The molecule has 2 rings (SSSR count). The van der Waals surface area contributed by atoms with E-state index < -0.39 is 0 Å². The van der Waals surface area contributed by atoms with Gasteiger partial charge >= 0.3 is 5.97 Å². The summed E-state index contributed by atoms with van der Waals surface area (Å²) in [4.78, 5) is 15.7. The predicted molar refractivity (Wildman–Crippen MR) is 91.6 cm³/mol. The third kappa shape index (κ3) is 3.31. The molecule has 0 radical (unpaired) electrons. The molecule has 1 aliphatic heterocycles. The lowest BCUT2D eigenvalue weighted by Crippen LogP contribution is -2.35. The number of esters is 1. The van der Waals surface area contributed by atoms with Crippen molar-refractivity contribution < 1.29 is 9.53 Å². The fourth-order valence-electron chi connectivity index (χ4n) is 2.84. The van der Waals surface area contributed by atoms with Crippen molar-refractivity contribution in [3.63, 3.8) is 0 Å². The zero-order chi connectivity index (χ0) is 15.6. The molecular formula is C15H24N2O2S2. The number of anilines is 2. The van der Waals surface area contributed by atoms with Crippen LogP contribution in [0.5, 0.6) is 0 Å². The smallest absolute Gasteiger partial charge is 0.350 e. The van der Waals surface area contributed by atoms with E-state index in [0.29, 0.717) is 10.6 Å². The molecule has 2 N–H and O–H groups in total. The molecule has 1 fully saturated rings. The third-order valence-electron chi connectivity index (χ3n) is 4.23. The summed E-state index contributed by atoms with van der Waals surface area (Å²) in [5.74, 6) is 1.21. The van der Waals surface area contributed by atoms with Crippen molar-refractivity contribution in [3.8, 4) is 0 Å². The number of ether oxygens (including phenoxy) is 1. The molecule has 21 heavy (non-hydrogen) atoms. The molecule has 0 amide bonds. The van der Waals surface area contributed by atoms with Gasteiger partial charge in [-0.15, -0.1) is 23.1 Å². The van der Waals surface area contributed by atoms with Crippen LogP contribution in [0.15, 0.2) is 4.90 Å². The van der Waals surface area contributed by atoms with Gasteiger partial charge in [0.1, 0.15) is 9.88 Å². The molecule has 0 saturated carbocycles. The summed E-state index contributed by atoms with van der Waals surface area (Å²) in [6, 6.07) is 0. The van der Waals surface area contributed by atoms with Crippen molar-refractivity contribution in [1.29, 1.82) is 0 Å². The highest BCUT2D eigenvalue weighted by molar-refractivity contribution is 7.99. The van der Waals surface area contributed by atoms with Gasteiger partial charge < -0.3 is 15.4 Å². The lowest BCUT2D eigenvalue weighted by molar-refractivity contribution is 0.0607. The van der Waals surface area contributed by atoms with Gasteiger partial charge in [-0.05, 0) is 30.9 Å². The molecule has 0 bridgehead atoms. The minimum Gasteiger partial charge on any atom is -0.465 e. The Morgan fingerprint density at radius 1 is 1.43 bits per heavy atom. The van der Waals surface area contributed by atoms with Crippen LogP contribution in [-0.2, 0) is 4.74 Å². The number of methoxy groups -OCH3 is 1. The van der Waals surface area contributed by atoms with Crippen LogP contribution in [-0.4, -0.2) is 32.4 Å². The van der Waals surface area contributed by atoms with Crippen LogP contribution in [0.4, 0.5) is 10.7 Å². The molecule has 4 nitrogen and oxygen atoms in total. The molecule has 2 heterocycles. The van der Waals surface area contributed by atoms with E-state index in [-0.39, 0.29) is 5.97 Å². The van der Waals surface area contributed by atoms with Crippen molar-refractivity contribution in [2.75, 3.05) is 37.1 Å². The quantitative estimate of drug-likeness (QED) is 0.674. The Kier molecular flexibility index (Phi) is 5.43. The molecule has 1 saturated heterocycles. The third-order valence-corrected chi connectivity index (χ3v) is 6.42. The summed E-state index contributed by atoms with van der Waals surface area (Å²) in [6.45, 7) is 6.67. The first-order valence-corrected chi connectivity index (χ1v) is 9.33. The number of nitrogen functional groups attached to an aromatic ring is 1. The fraction of sp³-hybridized carbons (Fsp3) is 0.667. The van der Waals surface area contributed by atoms with Gasteiger partial charge in [-0.25, -0.2) is 4.79 Å². The summed E-state index contributed by atoms with van der Waals surface area (Å²) in [5.41, 5.74) is 6.71. The first kappa shape index (κ1) is 16.5. The largest absolute Gasteiger partial charge is 0.465 e. The average molecular weight is 329 g/mol. The number of carbonyl (C=O) groups excluding carboxylic acids is 1. The summed E-state index contributed by atoms with van der Waals surface area (Å²) in [6.07, 6.45) is 4.41. The van der Waals surface area contributed by atoms with Crippen molar-refractivity contribution in [3.05, 3.63) is 4.88 Å². The Morgan fingerprint density at radius 3 is 2.52 bits per heavy atom. The normalized spacial score (nSPS) is 16.5. The Labute approximate surface area is 135 Å². The number of thiophene rings is 1. The molecule has 0 aliphatic carbocycles. The summed E-state index contributed by atoms with van der Waals surface area (Å²) < 4.78 is 4.83. The molecule has 1 aromatic rings. The van der Waals surface area contributed by atoms with Gasteiger partial charge in [0.15, 0.2) is 0 Å². The molecular weight excluding hydrogens is 304 g/mol. The second-order valence-electron chi connectivity index (χ2n) is 5.74. The van der Waals surface area contributed by atoms with Gasteiger partial charge in [-0.2, -0.15) is 0 Å². The molecule has 0 aromatic carbocycles. The standard InChI is InChI=1S/C15H24N2O2S2/c1-9(2)10-5-7-17(8-6-10)14-12(20-4)11(16)13(21-14)15(18)19-3/h9-10H,5-8,16H2,1-4H3. The van der Waals surface area contributed by atoms with Gasteiger partial charge in [0.05, 0.1) is 17.7 Å². The Hall–Kier alpha value is -0.880. The van der Waals surface area contributed by atoms with E-state index in [9.17, 15) is 4.79 Å². The number of piperidine rings is 1. The molecule has 1 aliphatic rings. The molecule has 1 aromatic heterocycles. The highest BCUT2D eigenvalue weighted by Crippen LogP contribution is 2.45. The lowest BCUT2D eigenvalue weighted by Gasteiger charge is -2.35. The monoisotopic (exact) mass is 328 g/mol. The number of thioether (sulfide) groups is 1. The number of nitrogens with two attached hydrogens (primary N) is 1. The highest BCUT2D eigenvalue weighted by Gasteiger charge is 2.28. The Balaban J connectivity index is 2.22. The predicted octanol–water partition coefficient (Wildman–Crippen LogP) is 3.71. The first-order valence-electron chi connectivity index (χ1n) is 7.29. The second-order valence-corrected chi connectivity index (χ2v) is 7.56. The highest BCUT2D eigenvalue weighted by atomic mass is 32.2. The Bertz CT molecular complexity index is 506. The number of hydrogen-bond acceptors (Lipinski definition) is 6. The van der Waals surface area contributed by atoms with Crippen molar-refractivity contribution in [2.24, 2.45) is 11.8 Å². The maximum Gasteiger partial charge on any atom is 0.350 e. The van der Waals surface area contributed by atoms with Gasteiger partial charge in [-0.1, -0.05) is 13.8 Å². The fourth-order valence-corrected chi connectivity index (χ4v) is 4.99.